The molecule has 6 heteroatoms. The molecule has 1 saturated carbocycles. The number of ketones is 2. The second-order valence-corrected chi connectivity index (χ2v) is 16.8. The Kier molecular flexibility index (Phi) is 10.4. The predicted octanol–water partition coefficient (Wildman–Crippen LogP) is 13.1. The molecule has 9 rings (SSSR count). The van der Waals surface area contributed by atoms with Crippen LogP contribution in [0.4, 0.5) is 11.4 Å². The molecule has 1 aromatic heterocycles. The van der Waals surface area contributed by atoms with Crippen LogP contribution in [-0.2, 0) is 6.42 Å². The zero-order valence-electron chi connectivity index (χ0n) is 32.6. The van der Waals surface area contributed by atoms with E-state index >= 15 is 0 Å². The van der Waals surface area contributed by atoms with Gasteiger partial charge >= 0.3 is 5.97 Å². The average molecular weight is 780 g/mol. The maximum Gasteiger partial charge on any atom is 0.335 e. The molecule has 0 spiro atoms. The average Bonchev–Trinajstić information content (AvgIpc) is 4.02. The molecule has 2 unspecified atom stereocenters. The highest BCUT2D eigenvalue weighted by molar-refractivity contribution is 7.16. The van der Waals surface area contributed by atoms with Crippen LogP contribution in [0.2, 0.25) is 0 Å². The molecule has 0 saturated heterocycles. The third kappa shape index (κ3) is 7.07. The summed E-state index contributed by atoms with van der Waals surface area (Å²) in [6.45, 7) is 2.20. The van der Waals surface area contributed by atoms with Crippen LogP contribution in [0.1, 0.15) is 122 Å². The number of carboxylic acid groups (broad SMARTS) is 1. The second kappa shape index (κ2) is 16.0. The van der Waals surface area contributed by atoms with Crippen LogP contribution in [0, 0.1) is 0 Å². The molecule has 5 nitrogen and oxygen atoms in total. The number of carbonyl (C=O) groups is 3. The first kappa shape index (κ1) is 37.5. The zero-order valence-corrected chi connectivity index (χ0v) is 33.4. The van der Waals surface area contributed by atoms with E-state index in [-0.39, 0.29) is 28.0 Å². The number of aromatic carboxylic acids is 1. The fourth-order valence-corrected chi connectivity index (χ4v) is 10.3. The molecule has 1 N–H and O–H groups in total. The molecule has 0 amide bonds. The molecule has 1 aliphatic heterocycles. The van der Waals surface area contributed by atoms with Crippen LogP contribution in [0.15, 0.2) is 133 Å². The Balaban J connectivity index is 1.03. The summed E-state index contributed by atoms with van der Waals surface area (Å²) in [7, 11) is 0. The third-order valence-electron chi connectivity index (χ3n) is 12.1. The topological polar surface area (TPSA) is 74.7 Å². The van der Waals surface area contributed by atoms with E-state index < -0.39 is 11.8 Å². The van der Waals surface area contributed by atoms with Gasteiger partial charge in [-0.15, -0.1) is 11.3 Å². The van der Waals surface area contributed by atoms with Crippen LogP contribution in [0.3, 0.4) is 0 Å². The quantitative estimate of drug-likeness (QED) is 0.0579. The molecule has 1 fully saturated rings. The van der Waals surface area contributed by atoms with Crippen molar-refractivity contribution in [3.63, 3.8) is 0 Å². The number of fused-ring (bicyclic) bond motifs is 4. The van der Waals surface area contributed by atoms with Gasteiger partial charge in [0.25, 0.3) is 0 Å². The van der Waals surface area contributed by atoms with Crippen molar-refractivity contribution in [3.05, 3.63) is 182 Å². The molecular weight excluding hydrogens is 735 g/mol. The number of carbonyl (C=O) groups excluding carboxylic acids is 2. The van der Waals surface area contributed by atoms with Crippen molar-refractivity contribution in [1.82, 2.24) is 0 Å². The normalized spacial score (nSPS) is 17.4. The lowest BCUT2D eigenvalue weighted by Gasteiger charge is -2.27. The van der Waals surface area contributed by atoms with E-state index in [1.807, 2.05) is 0 Å². The summed E-state index contributed by atoms with van der Waals surface area (Å²) in [4.78, 5) is 43.3. The Bertz CT molecular complexity index is 2560. The van der Waals surface area contributed by atoms with E-state index in [0.717, 1.165) is 71.4 Å². The number of allylic oxidation sites excluding steroid dienone is 1. The minimum Gasteiger partial charge on any atom is -0.478 e. The Morgan fingerprint density at radius 3 is 2.19 bits per heavy atom. The largest absolute Gasteiger partial charge is 0.478 e. The highest BCUT2D eigenvalue weighted by Gasteiger charge is 2.42. The van der Waals surface area contributed by atoms with Gasteiger partial charge in [-0.05, 0) is 125 Å². The van der Waals surface area contributed by atoms with E-state index in [9.17, 15) is 19.5 Å². The van der Waals surface area contributed by atoms with Crippen molar-refractivity contribution < 1.29 is 19.5 Å². The lowest BCUT2D eigenvalue weighted by atomic mass is 9.95. The van der Waals surface area contributed by atoms with Gasteiger partial charge in [0.2, 0.25) is 0 Å². The summed E-state index contributed by atoms with van der Waals surface area (Å²) in [5, 5.41) is 9.51. The summed E-state index contributed by atoms with van der Waals surface area (Å²) >= 11 is 1.63. The van der Waals surface area contributed by atoms with E-state index in [0.29, 0.717) is 12.0 Å². The molecular formula is C52H45NO4S. The molecule has 2 heterocycles. The van der Waals surface area contributed by atoms with Gasteiger partial charge in [0.05, 0.1) is 11.1 Å². The highest BCUT2D eigenvalue weighted by atomic mass is 32.1. The first-order valence-electron chi connectivity index (χ1n) is 20.5. The Morgan fingerprint density at radius 1 is 0.759 bits per heavy atom. The van der Waals surface area contributed by atoms with Gasteiger partial charge < -0.3 is 10.0 Å². The van der Waals surface area contributed by atoms with Crippen LogP contribution in [-0.4, -0.2) is 28.7 Å². The molecule has 3 aliphatic rings. The van der Waals surface area contributed by atoms with Crippen LogP contribution < -0.4 is 4.90 Å². The predicted molar refractivity (Wildman–Crippen MR) is 236 cm³/mol. The molecule has 0 radical (unpaired) electrons. The SMILES string of the molecule is CCCCCCc1cc(-c2ccc3c(c2)C2CCCC2N3c2ccc(C=C(c3ccccc3)c3ccccc3)cc2)sc1/C=C1\C(=O)c2ccc(C(=O)O)cc2C1=O. The maximum atomic E-state index is 13.6. The highest BCUT2D eigenvalue weighted by Crippen LogP contribution is 2.53. The van der Waals surface area contributed by atoms with Crippen molar-refractivity contribution >= 4 is 58.0 Å². The number of aryl methyl sites for hydroxylation is 1. The second-order valence-electron chi connectivity index (χ2n) is 15.7. The number of benzene rings is 5. The van der Waals surface area contributed by atoms with Gasteiger partial charge in [-0.25, -0.2) is 4.79 Å². The number of Topliss-reactive ketones (excluding diaryl/α,β-unsaturated/α-hetero) is 2. The lowest BCUT2D eigenvalue weighted by Crippen LogP contribution is -2.26. The lowest BCUT2D eigenvalue weighted by molar-refractivity contribution is 0.0696. The fraction of sp³-hybridized carbons (Fsp3) is 0.212. The Morgan fingerprint density at radius 2 is 1.48 bits per heavy atom. The minimum absolute atomic E-state index is 0.00119. The smallest absolute Gasteiger partial charge is 0.335 e. The molecule has 6 aromatic rings. The molecule has 58 heavy (non-hydrogen) atoms. The summed E-state index contributed by atoms with van der Waals surface area (Å²) in [5.74, 6) is -1.42. The number of unbranched alkanes of at least 4 members (excludes halogenated alkanes) is 3. The number of nitrogens with zero attached hydrogens (tertiary/aromatic N) is 1. The third-order valence-corrected chi connectivity index (χ3v) is 13.3. The zero-order chi connectivity index (χ0) is 39.8. The number of thiophene rings is 1. The van der Waals surface area contributed by atoms with Gasteiger partial charge in [-0.1, -0.05) is 111 Å². The number of carboxylic acids is 1. The monoisotopic (exact) mass is 779 g/mol. The van der Waals surface area contributed by atoms with Gasteiger partial charge in [0.1, 0.15) is 0 Å². The standard InChI is InChI=1S/C52H45NO4S/c1-2-3-4-7-17-36-31-48(58-49(36)32-45-50(54)41-26-22-38(52(56)57)30-44(41)51(45)55)37-23-27-47-43(29-37)40-18-12-19-46(40)53(47)39-24-20-33(21-25-39)28-42(34-13-8-5-9-14-34)35-15-10-6-11-16-35/h5-6,8-11,13-16,20-32,40,46H,2-4,7,12,17-19H2,1H3,(H,56,57)/b45-32+. The van der Waals surface area contributed by atoms with Crippen molar-refractivity contribution in [2.24, 2.45) is 0 Å². The minimum atomic E-state index is -1.12. The fourth-order valence-electron chi connectivity index (χ4n) is 9.18. The molecule has 5 aromatic carbocycles. The first-order valence-corrected chi connectivity index (χ1v) is 21.4. The number of anilines is 2. The summed E-state index contributed by atoms with van der Waals surface area (Å²) < 4.78 is 0. The number of hydrogen-bond acceptors (Lipinski definition) is 5. The van der Waals surface area contributed by atoms with Crippen molar-refractivity contribution in [2.45, 2.75) is 70.3 Å². The van der Waals surface area contributed by atoms with E-state index in [1.165, 1.54) is 58.3 Å². The van der Waals surface area contributed by atoms with Crippen LogP contribution >= 0.6 is 11.3 Å². The Hall–Kier alpha value is -6.11. The summed E-state index contributed by atoms with van der Waals surface area (Å²) in [5.41, 5.74) is 11.5. The van der Waals surface area contributed by atoms with Crippen molar-refractivity contribution in [3.8, 4) is 10.4 Å². The van der Waals surface area contributed by atoms with E-state index in [1.54, 1.807) is 17.4 Å². The van der Waals surface area contributed by atoms with E-state index in [2.05, 4.69) is 127 Å². The van der Waals surface area contributed by atoms with Gasteiger partial charge in [-0.3, -0.25) is 9.59 Å². The van der Waals surface area contributed by atoms with Gasteiger partial charge in [0.15, 0.2) is 11.6 Å². The molecule has 2 atom stereocenters. The molecule has 288 valence electrons. The van der Waals surface area contributed by atoms with Crippen molar-refractivity contribution in [1.29, 1.82) is 0 Å². The van der Waals surface area contributed by atoms with Crippen molar-refractivity contribution in [2.75, 3.05) is 4.90 Å². The summed E-state index contributed by atoms with van der Waals surface area (Å²) in [6, 6.07) is 43.9. The molecule has 0 bridgehead atoms. The Labute approximate surface area is 344 Å². The van der Waals surface area contributed by atoms with Gasteiger partial charge in [0, 0.05) is 44.2 Å². The van der Waals surface area contributed by atoms with E-state index in [4.69, 9.17) is 0 Å². The number of rotatable bonds is 12. The van der Waals surface area contributed by atoms with Crippen LogP contribution in [0.5, 0.6) is 0 Å². The number of hydrogen-bond donors (Lipinski definition) is 1. The van der Waals surface area contributed by atoms with Gasteiger partial charge in [-0.2, -0.15) is 0 Å². The first-order chi connectivity index (χ1) is 28.4. The molecule has 2 aliphatic carbocycles. The van der Waals surface area contributed by atoms with Crippen LogP contribution in [0.25, 0.3) is 28.2 Å². The maximum absolute atomic E-state index is 13.6. The summed E-state index contributed by atoms with van der Waals surface area (Å²) in [6.07, 6.45) is 12.9.